The lowest BCUT2D eigenvalue weighted by atomic mass is 10.00. The Kier molecular flexibility index (Phi) is 3.41. The van der Waals surface area contributed by atoms with Crippen LogP contribution in [0.3, 0.4) is 0 Å². The van der Waals surface area contributed by atoms with Crippen LogP contribution in [0.1, 0.15) is 47.5 Å². The van der Waals surface area contributed by atoms with Gasteiger partial charge in [0.1, 0.15) is 11.1 Å². The van der Waals surface area contributed by atoms with Crippen molar-refractivity contribution in [2.75, 3.05) is 0 Å². The van der Waals surface area contributed by atoms with Crippen LogP contribution in [-0.4, -0.2) is 39.3 Å². The summed E-state index contributed by atoms with van der Waals surface area (Å²) in [7, 11) is 0. The van der Waals surface area contributed by atoms with Gasteiger partial charge in [-0.05, 0) is 47.5 Å². The standard InChI is InChI=1S/C12H21NO4/c1-8-6-7-12(5,9(14)15)13(8)10(16)17-11(2,3)4/h8H,6-7H2,1-5H3,(H,14,15)/t8-,12-/m0/s1. The molecule has 0 aromatic carbocycles. The van der Waals surface area contributed by atoms with E-state index in [4.69, 9.17) is 4.74 Å². The average molecular weight is 243 g/mol. The molecule has 1 heterocycles. The molecule has 1 fully saturated rings. The van der Waals surface area contributed by atoms with E-state index in [2.05, 4.69) is 0 Å². The first-order chi connectivity index (χ1) is 7.58. The summed E-state index contributed by atoms with van der Waals surface area (Å²) in [5.41, 5.74) is -1.76. The Bertz CT molecular complexity index is 334. The van der Waals surface area contributed by atoms with Gasteiger partial charge in [-0.3, -0.25) is 4.90 Å². The molecule has 0 spiro atoms. The number of amides is 1. The number of rotatable bonds is 1. The minimum absolute atomic E-state index is 0.106. The summed E-state index contributed by atoms with van der Waals surface area (Å²) in [6.45, 7) is 8.72. The molecular formula is C12H21NO4. The number of carbonyl (C=O) groups excluding carboxylic acids is 1. The number of nitrogens with zero attached hydrogens (tertiary/aromatic N) is 1. The number of aliphatic carboxylic acids is 1. The topological polar surface area (TPSA) is 66.8 Å². The highest BCUT2D eigenvalue weighted by Crippen LogP contribution is 2.35. The van der Waals surface area contributed by atoms with E-state index in [1.165, 1.54) is 4.90 Å². The Morgan fingerprint density at radius 2 is 1.94 bits per heavy atom. The fourth-order valence-corrected chi connectivity index (χ4v) is 2.13. The second-order valence-electron chi connectivity index (χ2n) is 5.82. The van der Waals surface area contributed by atoms with E-state index in [1.807, 2.05) is 6.92 Å². The van der Waals surface area contributed by atoms with E-state index >= 15 is 0 Å². The van der Waals surface area contributed by atoms with Gasteiger partial charge < -0.3 is 9.84 Å². The van der Waals surface area contributed by atoms with Crippen LogP contribution in [0.25, 0.3) is 0 Å². The van der Waals surface area contributed by atoms with E-state index in [1.54, 1.807) is 27.7 Å². The van der Waals surface area contributed by atoms with Gasteiger partial charge in [-0.25, -0.2) is 9.59 Å². The van der Waals surface area contributed by atoms with Crippen molar-refractivity contribution in [1.29, 1.82) is 0 Å². The van der Waals surface area contributed by atoms with Gasteiger partial charge in [0.25, 0.3) is 0 Å². The maximum atomic E-state index is 12.0. The maximum absolute atomic E-state index is 12.0. The maximum Gasteiger partial charge on any atom is 0.411 e. The zero-order valence-corrected chi connectivity index (χ0v) is 11.1. The normalized spacial score (nSPS) is 29.2. The summed E-state index contributed by atoms with van der Waals surface area (Å²) < 4.78 is 5.26. The average Bonchev–Trinajstić information content (AvgIpc) is 2.40. The van der Waals surface area contributed by atoms with Crippen LogP contribution >= 0.6 is 0 Å². The van der Waals surface area contributed by atoms with Crippen molar-refractivity contribution in [2.24, 2.45) is 0 Å². The molecule has 2 atom stereocenters. The first kappa shape index (κ1) is 13.8. The summed E-state index contributed by atoms with van der Waals surface area (Å²) in [5, 5.41) is 9.26. The third-order valence-electron chi connectivity index (χ3n) is 3.07. The molecular weight excluding hydrogens is 222 g/mol. The lowest BCUT2D eigenvalue weighted by molar-refractivity contribution is -0.149. The quantitative estimate of drug-likeness (QED) is 0.767. The zero-order valence-electron chi connectivity index (χ0n) is 11.1. The van der Waals surface area contributed by atoms with E-state index in [0.29, 0.717) is 12.8 Å². The highest BCUT2D eigenvalue weighted by molar-refractivity contribution is 5.85. The van der Waals surface area contributed by atoms with E-state index < -0.39 is 23.2 Å². The molecule has 1 rings (SSSR count). The SMILES string of the molecule is C[C@H]1CC[C@@](C)(C(=O)O)N1C(=O)OC(C)(C)C. The minimum atomic E-state index is -1.15. The van der Waals surface area contributed by atoms with Crippen LogP contribution in [-0.2, 0) is 9.53 Å². The fourth-order valence-electron chi connectivity index (χ4n) is 2.13. The number of ether oxygens (including phenoxy) is 1. The first-order valence-corrected chi connectivity index (χ1v) is 5.83. The molecule has 0 radical (unpaired) electrons. The molecule has 1 saturated heterocycles. The predicted octanol–water partition coefficient (Wildman–Crippen LogP) is 2.25. The van der Waals surface area contributed by atoms with E-state index in [-0.39, 0.29) is 6.04 Å². The Hall–Kier alpha value is -1.26. The van der Waals surface area contributed by atoms with Crippen molar-refractivity contribution in [3.63, 3.8) is 0 Å². The summed E-state index contributed by atoms with van der Waals surface area (Å²) in [6.07, 6.45) is 0.595. The molecule has 1 N–H and O–H groups in total. The Morgan fingerprint density at radius 1 is 1.41 bits per heavy atom. The van der Waals surface area contributed by atoms with Crippen LogP contribution in [0.4, 0.5) is 4.79 Å². The largest absolute Gasteiger partial charge is 0.480 e. The molecule has 1 amide bonds. The van der Waals surface area contributed by atoms with Crippen LogP contribution in [0.5, 0.6) is 0 Å². The molecule has 5 heteroatoms. The van der Waals surface area contributed by atoms with Crippen LogP contribution in [0.15, 0.2) is 0 Å². The second kappa shape index (κ2) is 4.20. The summed E-state index contributed by atoms with van der Waals surface area (Å²) in [6, 6.07) is -0.106. The molecule has 1 aliphatic rings. The van der Waals surface area contributed by atoms with Gasteiger partial charge in [0.15, 0.2) is 0 Å². The molecule has 0 saturated carbocycles. The molecule has 0 aliphatic carbocycles. The number of carbonyl (C=O) groups is 2. The Labute approximate surface area is 102 Å². The predicted molar refractivity (Wildman–Crippen MR) is 62.8 cm³/mol. The van der Waals surface area contributed by atoms with Gasteiger partial charge in [-0.1, -0.05) is 0 Å². The van der Waals surface area contributed by atoms with Crippen molar-refractivity contribution in [3.05, 3.63) is 0 Å². The van der Waals surface area contributed by atoms with E-state index in [0.717, 1.165) is 0 Å². The molecule has 0 unspecified atom stereocenters. The van der Waals surface area contributed by atoms with E-state index in [9.17, 15) is 14.7 Å². The Balaban J connectivity index is 2.93. The number of carboxylic acids is 1. The first-order valence-electron chi connectivity index (χ1n) is 5.83. The molecule has 98 valence electrons. The monoisotopic (exact) mass is 243 g/mol. The van der Waals surface area contributed by atoms with Gasteiger partial charge in [-0.15, -0.1) is 0 Å². The van der Waals surface area contributed by atoms with Gasteiger partial charge in [0, 0.05) is 6.04 Å². The highest BCUT2D eigenvalue weighted by atomic mass is 16.6. The molecule has 0 bridgehead atoms. The second-order valence-corrected chi connectivity index (χ2v) is 5.82. The Morgan fingerprint density at radius 3 is 2.35 bits per heavy atom. The van der Waals surface area contributed by atoms with Crippen molar-refractivity contribution >= 4 is 12.1 Å². The third-order valence-corrected chi connectivity index (χ3v) is 3.07. The number of hydrogen-bond donors (Lipinski definition) is 1. The van der Waals surface area contributed by atoms with Crippen LogP contribution in [0, 0.1) is 0 Å². The van der Waals surface area contributed by atoms with Crippen molar-refractivity contribution in [2.45, 2.75) is 64.6 Å². The van der Waals surface area contributed by atoms with Crippen molar-refractivity contribution < 1.29 is 19.4 Å². The number of hydrogen-bond acceptors (Lipinski definition) is 3. The number of carboxylic acid groups (broad SMARTS) is 1. The highest BCUT2D eigenvalue weighted by Gasteiger charge is 2.50. The zero-order chi connectivity index (χ0) is 13.4. The molecule has 5 nitrogen and oxygen atoms in total. The molecule has 17 heavy (non-hydrogen) atoms. The third kappa shape index (κ3) is 2.70. The van der Waals surface area contributed by atoms with Gasteiger partial charge in [-0.2, -0.15) is 0 Å². The summed E-state index contributed by atoms with van der Waals surface area (Å²) in [5.74, 6) is -0.979. The summed E-state index contributed by atoms with van der Waals surface area (Å²) in [4.78, 5) is 24.7. The summed E-state index contributed by atoms with van der Waals surface area (Å²) >= 11 is 0. The smallest absolute Gasteiger partial charge is 0.411 e. The molecule has 1 aliphatic heterocycles. The molecule has 0 aromatic rings. The van der Waals surface area contributed by atoms with Crippen LogP contribution in [0.2, 0.25) is 0 Å². The fraction of sp³-hybridized carbons (Fsp3) is 0.833. The van der Waals surface area contributed by atoms with Crippen LogP contribution < -0.4 is 0 Å². The molecule has 0 aromatic heterocycles. The number of likely N-dealkylation sites (tertiary alicyclic amines) is 1. The lowest BCUT2D eigenvalue weighted by Gasteiger charge is -2.35. The minimum Gasteiger partial charge on any atom is -0.480 e. The van der Waals surface area contributed by atoms with Crippen molar-refractivity contribution in [1.82, 2.24) is 4.90 Å². The van der Waals surface area contributed by atoms with Gasteiger partial charge >= 0.3 is 12.1 Å². The van der Waals surface area contributed by atoms with Crippen molar-refractivity contribution in [3.8, 4) is 0 Å². The van der Waals surface area contributed by atoms with Gasteiger partial charge in [0.05, 0.1) is 0 Å². The van der Waals surface area contributed by atoms with Gasteiger partial charge in [0.2, 0.25) is 0 Å². The lowest BCUT2D eigenvalue weighted by Crippen LogP contribution is -2.54.